The minimum Gasteiger partial charge on any atom is -0.444 e. The van der Waals surface area contributed by atoms with Crippen LogP contribution in [0.3, 0.4) is 0 Å². The standard InChI is InChI=1S/C25H23BrF4N4O3/c1-23(2,3)37-22(36)31-15-5-4-6-16(12-15)34-19(13-20(33-34)25(28,29)30)21(35)32-18-11-14(7-8-17(18)27)24(26)9-10-24/h4-8,11-13H,9-10H2,1-3H3,(H,31,36)(H,32,35). The maximum Gasteiger partial charge on any atom is 0.435 e. The van der Waals surface area contributed by atoms with Crippen LogP contribution in [0.15, 0.2) is 48.5 Å². The molecule has 3 aromatic rings. The van der Waals surface area contributed by atoms with Crippen molar-refractivity contribution >= 4 is 39.3 Å². The largest absolute Gasteiger partial charge is 0.444 e. The van der Waals surface area contributed by atoms with E-state index in [1.165, 1.54) is 36.4 Å². The molecule has 0 atom stereocenters. The van der Waals surface area contributed by atoms with E-state index in [9.17, 15) is 27.2 Å². The topological polar surface area (TPSA) is 85.2 Å². The van der Waals surface area contributed by atoms with E-state index in [0.29, 0.717) is 6.07 Å². The van der Waals surface area contributed by atoms with Crippen molar-refractivity contribution < 1.29 is 31.9 Å². The number of anilines is 2. The summed E-state index contributed by atoms with van der Waals surface area (Å²) in [6.45, 7) is 5.03. The monoisotopic (exact) mass is 582 g/mol. The van der Waals surface area contributed by atoms with Gasteiger partial charge in [0.1, 0.15) is 17.1 Å². The predicted octanol–water partition coefficient (Wildman–Crippen LogP) is 7.01. The van der Waals surface area contributed by atoms with Crippen LogP contribution in [0, 0.1) is 5.82 Å². The lowest BCUT2D eigenvalue weighted by Gasteiger charge is -2.19. The van der Waals surface area contributed by atoms with Crippen molar-refractivity contribution in [1.82, 2.24) is 9.78 Å². The van der Waals surface area contributed by atoms with Crippen molar-refractivity contribution in [2.24, 2.45) is 0 Å². The highest BCUT2D eigenvalue weighted by Gasteiger charge is 2.42. The van der Waals surface area contributed by atoms with Gasteiger partial charge in [0.25, 0.3) is 5.91 Å². The SMILES string of the molecule is CC(C)(C)OC(=O)Nc1cccc(-n2nc(C(F)(F)F)cc2C(=O)Nc2cc(C3(Br)CC3)ccc2F)c1. The number of amides is 2. The molecule has 37 heavy (non-hydrogen) atoms. The van der Waals surface area contributed by atoms with E-state index in [4.69, 9.17) is 4.74 Å². The first kappa shape index (κ1) is 26.6. The van der Waals surface area contributed by atoms with E-state index >= 15 is 0 Å². The van der Waals surface area contributed by atoms with E-state index in [1.807, 2.05) is 0 Å². The number of hydrogen-bond donors (Lipinski definition) is 2. The van der Waals surface area contributed by atoms with Gasteiger partial charge in [-0.2, -0.15) is 18.3 Å². The number of carbonyl (C=O) groups is 2. The molecule has 196 valence electrons. The molecule has 1 aliphatic carbocycles. The van der Waals surface area contributed by atoms with Gasteiger partial charge in [0, 0.05) is 11.8 Å². The van der Waals surface area contributed by atoms with Crippen LogP contribution in [0.4, 0.5) is 33.7 Å². The van der Waals surface area contributed by atoms with Crippen LogP contribution >= 0.6 is 15.9 Å². The number of ether oxygens (including phenoxy) is 1. The molecule has 2 aromatic carbocycles. The lowest BCUT2D eigenvalue weighted by Crippen LogP contribution is -2.27. The molecule has 0 bridgehead atoms. The van der Waals surface area contributed by atoms with E-state index in [0.717, 1.165) is 23.1 Å². The second-order valence-electron chi connectivity index (χ2n) is 9.62. The second-order valence-corrected chi connectivity index (χ2v) is 11.1. The number of nitrogens with one attached hydrogen (secondary N) is 2. The zero-order chi connectivity index (χ0) is 27.2. The lowest BCUT2D eigenvalue weighted by atomic mass is 10.1. The van der Waals surface area contributed by atoms with Gasteiger partial charge in [-0.05, 0) is 69.5 Å². The molecule has 7 nitrogen and oxygen atoms in total. The van der Waals surface area contributed by atoms with E-state index < -0.39 is 41.0 Å². The molecular weight excluding hydrogens is 560 g/mol. The number of alkyl halides is 4. The van der Waals surface area contributed by atoms with Crippen molar-refractivity contribution in [3.05, 3.63) is 71.3 Å². The first-order valence-corrected chi connectivity index (χ1v) is 12.0. The molecule has 1 fully saturated rings. The van der Waals surface area contributed by atoms with E-state index in [1.54, 1.807) is 26.8 Å². The molecular formula is C25H23BrF4N4O3. The highest BCUT2D eigenvalue weighted by molar-refractivity contribution is 9.09. The minimum absolute atomic E-state index is 0.0563. The third-order valence-corrected chi connectivity index (χ3v) is 6.64. The molecule has 1 aromatic heterocycles. The van der Waals surface area contributed by atoms with Crippen LogP contribution in [-0.2, 0) is 15.2 Å². The summed E-state index contributed by atoms with van der Waals surface area (Å²) in [5.74, 6) is -1.73. The van der Waals surface area contributed by atoms with Crippen molar-refractivity contribution in [3.8, 4) is 5.69 Å². The van der Waals surface area contributed by atoms with Gasteiger partial charge in [0.2, 0.25) is 0 Å². The summed E-state index contributed by atoms with van der Waals surface area (Å²) in [4.78, 5) is 25.2. The van der Waals surface area contributed by atoms with E-state index in [2.05, 4.69) is 31.7 Å². The Kier molecular flexibility index (Phi) is 6.82. The molecule has 2 N–H and O–H groups in total. The van der Waals surface area contributed by atoms with Crippen molar-refractivity contribution in [1.29, 1.82) is 0 Å². The second kappa shape index (κ2) is 9.47. The number of rotatable bonds is 5. The average Bonchev–Trinajstić information content (AvgIpc) is 3.35. The van der Waals surface area contributed by atoms with Gasteiger partial charge in [-0.15, -0.1) is 0 Å². The highest BCUT2D eigenvalue weighted by atomic mass is 79.9. The fourth-order valence-corrected chi connectivity index (χ4v) is 3.94. The van der Waals surface area contributed by atoms with Gasteiger partial charge in [0.05, 0.1) is 15.7 Å². The molecule has 12 heteroatoms. The first-order valence-electron chi connectivity index (χ1n) is 11.2. The van der Waals surface area contributed by atoms with E-state index in [-0.39, 0.29) is 21.4 Å². The maximum absolute atomic E-state index is 14.5. The Morgan fingerprint density at radius 3 is 2.38 bits per heavy atom. The Hall–Kier alpha value is -3.41. The van der Waals surface area contributed by atoms with Gasteiger partial charge in [0.15, 0.2) is 5.69 Å². The number of aromatic nitrogens is 2. The van der Waals surface area contributed by atoms with Gasteiger partial charge >= 0.3 is 12.3 Å². The maximum atomic E-state index is 14.5. The number of carbonyl (C=O) groups excluding carboxylic acids is 2. The zero-order valence-corrected chi connectivity index (χ0v) is 21.6. The van der Waals surface area contributed by atoms with Crippen LogP contribution in [0.1, 0.15) is 55.4 Å². The number of benzene rings is 2. The molecule has 0 spiro atoms. The fourth-order valence-electron chi connectivity index (χ4n) is 3.50. The van der Waals surface area contributed by atoms with Gasteiger partial charge in [-0.1, -0.05) is 28.1 Å². The first-order chi connectivity index (χ1) is 17.1. The number of halogens is 5. The summed E-state index contributed by atoms with van der Waals surface area (Å²) in [7, 11) is 0. The number of nitrogens with zero attached hydrogens (tertiary/aromatic N) is 2. The molecule has 1 aliphatic rings. The average molecular weight is 583 g/mol. The summed E-state index contributed by atoms with van der Waals surface area (Å²) < 4.78 is 60.7. The Morgan fingerprint density at radius 2 is 1.76 bits per heavy atom. The Morgan fingerprint density at radius 1 is 1.05 bits per heavy atom. The Balaban J connectivity index is 1.67. The smallest absolute Gasteiger partial charge is 0.435 e. The minimum atomic E-state index is -4.84. The van der Waals surface area contributed by atoms with Gasteiger partial charge in [-0.3, -0.25) is 10.1 Å². The van der Waals surface area contributed by atoms with Crippen LogP contribution < -0.4 is 10.6 Å². The van der Waals surface area contributed by atoms with Crippen molar-refractivity contribution in [2.45, 2.75) is 49.7 Å². The summed E-state index contributed by atoms with van der Waals surface area (Å²) in [5, 5.41) is 8.42. The highest BCUT2D eigenvalue weighted by Crippen LogP contribution is 2.54. The summed E-state index contributed by atoms with van der Waals surface area (Å²) in [5.41, 5.74) is -1.73. The molecule has 1 saturated carbocycles. The molecule has 0 radical (unpaired) electrons. The Bertz CT molecular complexity index is 1360. The van der Waals surface area contributed by atoms with Crippen LogP contribution in [0.5, 0.6) is 0 Å². The molecule has 0 unspecified atom stereocenters. The molecule has 1 heterocycles. The fraction of sp³-hybridized carbons (Fsp3) is 0.320. The molecule has 2 amide bonds. The molecule has 0 saturated heterocycles. The summed E-state index contributed by atoms with van der Waals surface area (Å²) in [6, 6.07) is 10.5. The number of hydrogen-bond acceptors (Lipinski definition) is 4. The quantitative estimate of drug-likeness (QED) is 0.250. The zero-order valence-electron chi connectivity index (χ0n) is 20.0. The third-order valence-electron chi connectivity index (χ3n) is 5.39. The predicted molar refractivity (Wildman–Crippen MR) is 133 cm³/mol. The summed E-state index contributed by atoms with van der Waals surface area (Å²) >= 11 is 3.56. The van der Waals surface area contributed by atoms with Gasteiger partial charge < -0.3 is 10.1 Å². The van der Waals surface area contributed by atoms with Crippen LogP contribution in [0.25, 0.3) is 5.69 Å². The summed E-state index contributed by atoms with van der Waals surface area (Å²) in [6.07, 6.45) is -3.94. The lowest BCUT2D eigenvalue weighted by molar-refractivity contribution is -0.141. The van der Waals surface area contributed by atoms with Crippen molar-refractivity contribution in [2.75, 3.05) is 10.6 Å². The van der Waals surface area contributed by atoms with Crippen molar-refractivity contribution in [3.63, 3.8) is 0 Å². The van der Waals surface area contributed by atoms with Crippen LogP contribution in [-0.4, -0.2) is 27.4 Å². The normalized spacial score (nSPS) is 14.7. The Labute approximate surface area is 218 Å². The third kappa shape index (κ3) is 6.30. The van der Waals surface area contributed by atoms with Crippen LogP contribution in [0.2, 0.25) is 0 Å². The van der Waals surface area contributed by atoms with Gasteiger partial charge in [-0.25, -0.2) is 13.9 Å². The molecule has 4 rings (SSSR count). The molecule has 0 aliphatic heterocycles.